The molecule has 4 rings (SSSR count). The molecule has 2 N–H and O–H groups in total. The molecule has 4 atom stereocenters. The van der Waals surface area contributed by atoms with Crippen LogP contribution in [-0.4, -0.2) is 36.3 Å². The van der Waals surface area contributed by atoms with Gasteiger partial charge < -0.3 is 10.1 Å². The maximum atomic E-state index is 14.7. The maximum Gasteiger partial charge on any atom is 0.373 e. The number of imide groups is 1. The molecule has 2 fully saturated rings. The van der Waals surface area contributed by atoms with Crippen molar-refractivity contribution in [3.05, 3.63) is 71.5 Å². The highest BCUT2D eigenvalue weighted by molar-refractivity contribution is 6.08. The summed E-state index contributed by atoms with van der Waals surface area (Å²) in [6.45, 7) is 1.81. The Bertz CT molecular complexity index is 980. The first-order valence-electron chi connectivity index (χ1n) is 9.58. The second kappa shape index (κ2) is 7.08. The molecule has 2 saturated heterocycles. The van der Waals surface area contributed by atoms with Gasteiger partial charge in [-0.25, -0.2) is 9.18 Å². The first-order valence-corrected chi connectivity index (χ1v) is 9.58. The molecular weight excluding hydrogens is 375 g/mol. The molecule has 29 heavy (non-hydrogen) atoms. The summed E-state index contributed by atoms with van der Waals surface area (Å²) in [6, 6.07) is 14.2. The van der Waals surface area contributed by atoms with Gasteiger partial charge in [0.2, 0.25) is 17.4 Å². The van der Waals surface area contributed by atoms with Gasteiger partial charge in [0.1, 0.15) is 23.7 Å². The fraction of sp³-hybridized carbons (Fsp3) is 0.318. The number of nitrogens with zero attached hydrogens (tertiary/aromatic N) is 1. The molecule has 0 radical (unpaired) electrons. The zero-order valence-electron chi connectivity index (χ0n) is 16.2. The summed E-state index contributed by atoms with van der Waals surface area (Å²) in [7, 11) is 1.41. The van der Waals surface area contributed by atoms with Gasteiger partial charge in [-0.1, -0.05) is 48.5 Å². The normalized spacial score (nSPS) is 28.5. The van der Waals surface area contributed by atoms with Crippen molar-refractivity contribution in [2.45, 2.75) is 18.5 Å². The Labute approximate surface area is 167 Å². The molecule has 2 aliphatic heterocycles. The van der Waals surface area contributed by atoms with E-state index in [1.54, 1.807) is 60.8 Å². The highest BCUT2D eigenvalue weighted by Crippen LogP contribution is 2.48. The van der Waals surface area contributed by atoms with E-state index in [1.165, 1.54) is 13.1 Å². The summed E-state index contributed by atoms with van der Waals surface area (Å²) < 4.78 is 20.1. The number of likely N-dealkylation sites (tertiary alicyclic amines) is 1. The lowest BCUT2D eigenvalue weighted by Crippen LogP contribution is -2.96. The van der Waals surface area contributed by atoms with Crippen molar-refractivity contribution in [1.29, 1.82) is 0 Å². The van der Waals surface area contributed by atoms with Crippen LogP contribution in [0.5, 0.6) is 0 Å². The lowest BCUT2D eigenvalue weighted by atomic mass is 9.75. The van der Waals surface area contributed by atoms with Crippen molar-refractivity contribution < 1.29 is 28.8 Å². The Morgan fingerprint density at radius 2 is 1.76 bits per heavy atom. The van der Waals surface area contributed by atoms with Gasteiger partial charge in [-0.15, -0.1) is 0 Å². The SMILES string of the molecule is CCOC(=O)[C@@]1(c2ccccc2)[NH2+][C@@H](c2ccccc2F)[C@H]2C(=O)N(C)C(=O)[C@@H]21. The minimum atomic E-state index is -1.47. The van der Waals surface area contributed by atoms with Crippen molar-refractivity contribution in [2.24, 2.45) is 11.8 Å². The molecule has 2 aliphatic rings. The van der Waals surface area contributed by atoms with Crippen molar-refractivity contribution in [3.63, 3.8) is 0 Å². The number of benzene rings is 2. The number of amides is 2. The van der Waals surface area contributed by atoms with Crippen molar-refractivity contribution in [3.8, 4) is 0 Å². The lowest BCUT2D eigenvalue weighted by molar-refractivity contribution is -0.742. The molecule has 7 heteroatoms. The average Bonchev–Trinajstić information content (AvgIpc) is 3.20. The maximum absolute atomic E-state index is 14.7. The van der Waals surface area contributed by atoms with E-state index in [2.05, 4.69) is 0 Å². The number of hydrogen-bond donors (Lipinski definition) is 1. The number of hydrogen-bond acceptors (Lipinski definition) is 4. The number of ether oxygens (including phenoxy) is 1. The summed E-state index contributed by atoms with van der Waals surface area (Å²) in [4.78, 5) is 40.5. The van der Waals surface area contributed by atoms with Gasteiger partial charge in [-0.2, -0.15) is 0 Å². The molecule has 0 bridgehead atoms. The van der Waals surface area contributed by atoms with Gasteiger partial charge in [0.05, 0.1) is 6.61 Å². The van der Waals surface area contributed by atoms with E-state index in [0.717, 1.165) is 4.90 Å². The van der Waals surface area contributed by atoms with Crippen LogP contribution in [0.2, 0.25) is 0 Å². The van der Waals surface area contributed by atoms with Gasteiger partial charge in [-0.3, -0.25) is 14.5 Å². The van der Waals surface area contributed by atoms with Crippen LogP contribution < -0.4 is 5.32 Å². The lowest BCUT2D eigenvalue weighted by Gasteiger charge is -2.29. The van der Waals surface area contributed by atoms with Crippen LogP contribution in [-0.2, 0) is 24.7 Å². The Hall–Kier alpha value is -3.06. The number of fused-ring (bicyclic) bond motifs is 1. The topological polar surface area (TPSA) is 80.3 Å². The fourth-order valence-corrected chi connectivity index (χ4v) is 4.75. The molecule has 2 heterocycles. The highest BCUT2D eigenvalue weighted by Gasteiger charge is 2.73. The molecule has 0 aromatic heterocycles. The molecule has 0 saturated carbocycles. The third-order valence-corrected chi connectivity index (χ3v) is 6.02. The van der Waals surface area contributed by atoms with Crippen LogP contribution in [0.1, 0.15) is 24.1 Å². The van der Waals surface area contributed by atoms with E-state index in [-0.39, 0.29) is 6.61 Å². The van der Waals surface area contributed by atoms with Gasteiger partial charge in [0.15, 0.2) is 0 Å². The largest absolute Gasteiger partial charge is 0.461 e. The van der Waals surface area contributed by atoms with E-state index in [4.69, 9.17) is 4.74 Å². The number of halogens is 1. The van der Waals surface area contributed by atoms with Crippen LogP contribution in [0.25, 0.3) is 0 Å². The number of quaternary nitrogens is 1. The van der Waals surface area contributed by atoms with Crippen LogP contribution in [0.15, 0.2) is 54.6 Å². The van der Waals surface area contributed by atoms with Crippen LogP contribution in [0.3, 0.4) is 0 Å². The average molecular weight is 397 g/mol. The minimum absolute atomic E-state index is 0.126. The second-order valence-electron chi connectivity index (χ2n) is 7.41. The summed E-state index contributed by atoms with van der Waals surface area (Å²) in [5.41, 5.74) is -0.614. The van der Waals surface area contributed by atoms with Gasteiger partial charge in [0, 0.05) is 18.2 Å². The van der Waals surface area contributed by atoms with Crippen LogP contribution in [0.4, 0.5) is 4.39 Å². The van der Waals surface area contributed by atoms with Crippen LogP contribution >= 0.6 is 0 Å². The predicted octanol–water partition coefficient (Wildman–Crippen LogP) is 1.13. The number of nitrogens with two attached hydrogens (primary N) is 1. The second-order valence-corrected chi connectivity index (χ2v) is 7.41. The van der Waals surface area contributed by atoms with E-state index in [1.807, 2.05) is 0 Å². The predicted molar refractivity (Wildman–Crippen MR) is 101 cm³/mol. The summed E-state index contributed by atoms with van der Waals surface area (Å²) in [5, 5.41) is 1.65. The third-order valence-electron chi connectivity index (χ3n) is 6.02. The Kier molecular flexibility index (Phi) is 4.70. The first kappa shape index (κ1) is 19.3. The summed E-state index contributed by atoms with van der Waals surface area (Å²) >= 11 is 0. The smallest absolute Gasteiger partial charge is 0.373 e. The molecule has 2 amide bonds. The monoisotopic (exact) mass is 397 g/mol. The summed E-state index contributed by atoms with van der Waals surface area (Å²) in [5.74, 6) is -3.79. The molecule has 0 spiro atoms. The molecule has 6 nitrogen and oxygen atoms in total. The number of carbonyl (C=O) groups excluding carboxylic acids is 3. The van der Waals surface area contributed by atoms with Gasteiger partial charge in [-0.05, 0) is 13.0 Å². The van der Waals surface area contributed by atoms with E-state index in [0.29, 0.717) is 11.1 Å². The third kappa shape index (κ3) is 2.68. The molecule has 0 aliphatic carbocycles. The van der Waals surface area contributed by atoms with E-state index in [9.17, 15) is 18.8 Å². The number of esters is 1. The van der Waals surface area contributed by atoms with Crippen molar-refractivity contribution in [2.75, 3.05) is 13.7 Å². The molecule has 2 aromatic carbocycles. The van der Waals surface area contributed by atoms with Gasteiger partial charge >= 0.3 is 5.97 Å². The highest BCUT2D eigenvalue weighted by atomic mass is 19.1. The van der Waals surface area contributed by atoms with Gasteiger partial charge in [0.25, 0.3) is 0 Å². The van der Waals surface area contributed by atoms with Crippen LogP contribution in [0, 0.1) is 17.7 Å². The molecule has 2 aromatic rings. The number of carbonyl (C=O) groups is 3. The van der Waals surface area contributed by atoms with E-state index < -0.39 is 47.0 Å². The van der Waals surface area contributed by atoms with Crippen molar-refractivity contribution in [1.82, 2.24) is 4.90 Å². The Balaban J connectivity index is 1.96. The molecule has 150 valence electrons. The number of rotatable bonds is 4. The fourth-order valence-electron chi connectivity index (χ4n) is 4.75. The molecular formula is C22H22FN2O4+. The Morgan fingerprint density at radius 1 is 1.10 bits per heavy atom. The first-order chi connectivity index (χ1) is 13.9. The zero-order chi connectivity index (χ0) is 20.8. The minimum Gasteiger partial charge on any atom is -0.461 e. The standard InChI is InChI=1S/C22H21FN2O4/c1-3-29-21(28)22(13-9-5-4-6-10-13)17-16(19(26)25(2)20(17)27)18(24-22)14-11-7-8-12-15(14)23/h4-12,16-18,24H,3H2,1-2H3/p+1/t16-,17+,18-,22-/m0/s1. The zero-order valence-corrected chi connectivity index (χ0v) is 16.2. The molecule has 0 unspecified atom stereocenters. The Morgan fingerprint density at radius 3 is 2.41 bits per heavy atom. The quantitative estimate of drug-likeness (QED) is 0.620. The van der Waals surface area contributed by atoms with E-state index >= 15 is 0 Å². The summed E-state index contributed by atoms with van der Waals surface area (Å²) in [6.07, 6.45) is 0. The van der Waals surface area contributed by atoms with Crippen molar-refractivity contribution >= 4 is 17.8 Å².